The number of aryl methyl sites for hydroxylation is 2. The maximum Gasteiger partial charge on any atom is 0.268 e. The molecule has 1 aliphatic heterocycles. The Morgan fingerprint density at radius 2 is 1.61 bits per heavy atom. The number of rotatable bonds is 10. The number of anilines is 1. The van der Waals surface area contributed by atoms with Crippen molar-refractivity contribution in [2.45, 2.75) is 63.7 Å². The van der Waals surface area contributed by atoms with E-state index in [0.717, 1.165) is 74.8 Å². The normalized spacial score (nSPS) is 13.9. The van der Waals surface area contributed by atoms with E-state index in [9.17, 15) is 13.2 Å². The molecule has 3 aromatic carbocycles. The number of nitrogens with zero attached hydrogens (tertiary/aromatic N) is 2. The summed E-state index contributed by atoms with van der Waals surface area (Å²) in [5, 5.41) is 0.689. The van der Waals surface area contributed by atoms with Gasteiger partial charge in [-0.2, -0.15) is 0 Å². The van der Waals surface area contributed by atoms with Crippen LogP contribution in [0.1, 0.15) is 72.5 Å². The van der Waals surface area contributed by atoms with Crippen molar-refractivity contribution in [3.63, 3.8) is 0 Å². The number of carbonyl (C=O) groups is 1. The van der Waals surface area contributed by atoms with E-state index >= 15 is 0 Å². The van der Waals surface area contributed by atoms with E-state index in [1.54, 1.807) is 24.4 Å². The van der Waals surface area contributed by atoms with E-state index in [0.29, 0.717) is 22.0 Å². The first-order chi connectivity index (χ1) is 18.4. The minimum atomic E-state index is -3.83. The molecule has 1 fully saturated rings. The van der Waals surface area contributed by atoms with E-state index in [4.69, 9.17) is 0 Å². The van der Waals surface area contributed by atoms with Gasteiger partial charge in [-0.1, -0.05) is 74.2 Å². The van der Waals surface area contributed by atoms with E-state index in [1.807, 2.05) is 55.5 Å². The molecule has 198 valence electrons. The molecular formula is C32H36N2O3S. The molecule has 0 N–H and O–H groups in total. The fraction of sp³-hybridized carbons (Fsp3) is 0.344. The summed E-state index contributed by atoms with van der Waals surface area (Å²) < 4.78 is 28.9. The highest BCUT2D eigenvalue weighted by Crippen LogP contribution is 2.39. The SMILES string of the molecule is CCCCCCc1cc2c(ccn2S(=O)(=O)c2ccc(C)cc2)c(C(=O)c2ccccc2)c1N1CCCC1. The van der Waals surface area contributed by atoms with Crippen molar-refractivity contribution in [2.75, 3.05) is 18.0 Å². The fourth-order valence-corrected chi connectivity index (χ4v) is 6.87. The third-order valence-electron chi connectivity index (χ3n) is 7.57. The van der Waals surface area contributed by atoms with Gasteiger partial charge in [0.1, 0.15) is 0 Å². The summed E-state index contributed by atoms with van der Waals surface area (Å²) in [6, 6.07) is 20.1. The van der Waals surface area contributed by atoms with E-state index in [-0.39, 0.29) is 10.7 Å². The van der Waals surface area contributed by atoms with Crippen LogP contribution in [0.5, 0.6) is 0 Å². The van der Waals surface area contributed by atoms with Crippen LogP contribution in [0.3, 0.4) is 0 Å². The van der Waals surface area contributed by atoms with Gasteiger partial charge in [0.2, 0.25) is 0 Å². The number of ketones is 1. The van der Waals surface area contributed by atoms with E-state index in [1.165, 1.54) is 3.97 Å². The predicted molar refractivity (Wildman–Crippen MR) is 155 cm³/mol. The summed E-state index contributed by atoms with van der Waals surface area (Å²) in [5.74, 6) is -0.0570. The average Bonchev–Trinajstić information content (AvgIpc) is 3.61. The van der Waals surface area contributed by atoms with Crippen LogP contribution in [0.15, 0.2) is 77.8 Å². The van der Waals surface area contributed by atoms with Gasteiger partial charge in [-0.15, -0.1) is 0 Å². The Morgan fingerprint density at radius 3 is 2.29 bits per heavy atom. The Morgan fingerprint density at radius 1 is 0.895 bits per heavy atom. The summed E-state index contributed by atoms with van der Waals surface area (Å²) in [6.07, 6.45) is 9.03. The lowest BCUT2D eigenvalue weighted by molar-refractivity contribution is 0.104. The number of benzene rings is 3. The van der Waals surface area contributed by atoms with Crippen LogP contribution >= 0.6 is 0 Å². The molecule has 0 radical (unpaired) electrons. The first-order valence-corrected chi connectivity index (χ1v) is 15.2. The molecular weight excluding hydrogens is 492 g/mol. The van der Waals surface area contributed by atoms with Crippen molar-refractivity contribution in [3.8, 4) is 0 Å². The Balaban J connectivity index is 1.75. The summed E-state index contributed by atoms with van der Waals surface area (Å²) in [5.41, 5.74) is 4.87. The van der Waals surface area contributed by atoms with E-state index in [2.05, 4.69) is 11.8 Å². The van der Waals surface area contributed by atoms with Crippen molar-refractivity contribution in [3.05, 3.63) is 95.2 Å². The minimum absolute atomic E-state index is 0.0570. The van der Waals surface area contributed by atoms with Crippen LogP contribution in [0.2, 0.25) is 0 Å². The largest absolute Gasteiger partial charge is 0.371 e. The molecule has 38 heavy (non-hydrogen) atoms. The Labute approximate surface area is 226 Å². The summed E-state index contributed by atoms with van der Waals surface area (Å²) >= 11 is 0. The molecule has 0 unspecified atom stereocenters. The smallest absolute Gasteiger partial charge is 0.268 e. The van der Waals surface area contributed by atoms with Crippen LogP contribution in [0.4, 0.5) is 5.69 Å². The molecule has 0 aliphatic carbocycles. The molecule has 4 aromatic rings. The molecule has 0 saturated carbocycles. The Bertz CT molecular complexity index is 1530. The van der Waals surface area contributed by atoms with Crippen LogP contribution in [-0.4, -0.2) is 31.3 Å². The second kappa shape index (κ2) is 11.2. The summed E-state index contributed by atoms with van der Waals surface area (Å²) in [4.78, 5) is 16.7. The molecule has 1 saturated heterocycles. The summed E-state index contributed by atoms with van der Waals surface area (Å²) in [7, 11) is -3.83. The molecule has 0 atom stereocenters. The topological polar surface area (TPSA) is 59.4 Å². The number of aromatic nitrogens is 1. The van der Waals surface area contributed by atoms with Crippen molar-refractivity contribution in [1.29, 1.82) is 0 Å². The minimum Gasteiger partial charge on any atom is -0.371 e. The molecule has 5 rings (SSSR count). The van der Waals surface area contributed by atoms with Crippen molar-refractivity contribution >= 4 is 32.4 Å². The van der Waals surface area contributed by atoms with Gasteiger partial charge in [0.05, 0.1) is 21.7 Å². The average molecular weight is 529 g/mol. The second-order valence-corrected chi connectivity index (χ2v) is 12.1. The molecule has 5 nitrogen and oxygen atoms in total. The van der Waals surface area contributed by atoms with Crippen molar-refractivity contribution < 1.29 is 13.2 Å². The zero-order valence-corrected chi connectivity index (χ0v) is 23.1. The first kappa shape index (κ1) is 26.2. The van der Waals surface area contributed by atoms with Gasteiger partial charge in [0.15, 0.2) is 5.78 Å². The van der Waals surface area contributed by atoms with Gasteiger partial charge < -0.3 is 4.90 Å². The lowest BCUT2D eigenvalue weighted by Gasteiger charge is -2.26. The van der Waals surface area contributed by atoms with Crippen LogP contribution in [0.25, 0.3) is 10.9 Å². The zero-order chi connectivity index (χ0) is 26.7. The highest BCUT2D eigenvalue weighted by Gasteiger charge is 2.29. The van der Waals surface area contributed by atoms with Gasteiger partial charge in [0, 0.05) is 30.2 Å². The van der Waals surface area contributed by atoms with Crippen molar-refractivity contribution in [2.24, 2.45) is 0 Å². The third kappa shape index (κ3) is 5.02. The van der Waals surface area contributed by atoms with Crippen LogP contribution in [-0.2, 0) is 16.4 Å². The molecule has 0 spiro atoms. The van der Waals surface area contributed by atoms with E-state index < -0.39 is 10.0 Å². The molecule has 1 aliphatic rings. The number of carbonyl (C=O) groups excluding carboxylic acids is 1. The maximum absolute atomic E-state index is 14.1. The van der Waals surface area contributed by atoms with Gasteiger partial charge in [-0.25, -0.2) is 12.4 Å². The van der Waals surface area contributed by atoms with Gasteiger partial charge in [0.25, 0.3) is 10.0 Å². The number of hydrogen-bond acceptors (Lipinski definition) is 4. The monoisotopic (exact) mass is 528 g/mol. The highest BCUT2D eigenvalue weighted by atomic mass is 32.2. The molecule has 2 heterocycles. The lowest BCUT2D eigenvalue weighted by atomic mass is 9.92. The van der Waals surface area contributed by atoms with Crippen molar-refractivity contribution in [1.82, 2.24) is 3.97 Å². The van der Waals surface area contributed by atoms with Gasteiger partial charge in [-0.3, -0.25) is 4.79 Å². The molecule has 0 amide bonds. The Kier molecular flexibility index (Phi) is 7.70. The quantitative estimate of drug-likeness (QED) is 0.162. The maximum atomic E-state index is 14.1. The fourth-order valence-electron chi connectivity index (χ4n) is 5.53. The standard InChI is InChI=1S/C32H36N2O3S/c1-3-4-5-7-14-26-23-29-28(19-22-34(29)38(36,37)27-17-15-24(2)16-18-27)30(31(26)33-20-10-11-21-33)32(35)25-12-8-6-9-13-25/h6,8-9,12-13,15-19,22-23H,3-5,7,10-11,14,20-21H2,1-2H3. The lowest BCUT2D eigenvalue weighted by Crippen LogP contribution is -2.23. The number of unbranched alkanes of at least 4 members (excludes halogenated alkanes) is 3. The number of fused-ring (bicyclic) bond motifs is 1. The summed E-state index contributed by atoms with van der Waals surface area (Å²) in [6.45, 7) is 5.95. The third-order valence-corrected chi connectivity index (χ3v) is 9.28. The van der Waals surface area contributed by atoms with Gasteiger partial charge in [-0.05, 0) is 62.4 Å². The molecule has 6 heteroatoms. The van der Waals surface area contributed by atoms with Crippen LogP contribution in [0, 0.1) is 6.92 Å². The number of hydrogen-bond donors (Lipinski definition) is 0. The zero-order valence-electron chi connectivity index (χ0n) is 22.3. The van der Waals surface area contributed by atoms with Crippen LogP contribution < -0.4 is 4.90 Å². The molecule has 0 bridgehead atoms. The Hall–Kier alpha value is -3.38. The first-order valence-electron chi connectivity index (χ1n) is 13.8. The highest BCUT2D eigenvalue weighted by molar-refractivity contribution is 7.90. The second-order valence-electron chi connectivity index (χ2n) is 10.3. The van der Waals surface area contributed by atoms with Gasteiger partial charge >= 0.3 is 0 Å². The molecule has 1 aromatic heterocycles. The predicted octanol–water partition coefficient (Wildman–Crippen LogP) is 7.14.